The van der Waals surface area contributed by atoms with E-state index in [-0.39, 0.29) is 22.4 Å². The van der Waals surface area contributed by atoms with Crippen LogP contribution in [-0.4, -0.2) is 57.4 Å². The van der Waals surface area contributed by atoms with E-state index in [4.69, 9.17) is 27.9 Å². The first kappa shape index (κ1) is 26.3. The molecule has 3 atom stereocenters. The van der Waals surface area contributed by atoms with Gasteiger partial charge in [-0.2, -0.15) is 5.26 Å². The number of ether oxygens (including phenoxy) is 1. The van der Waals surface area contributed by atoms with Crippen LogP contribution in [0.25, 0.3) is 5.57 Å². The molecule has 1 aliphatic heterocycles. The quantitative estimate of drug-likeness (QED) is 0.417. The van der Waals surface area contributed by atoms with Crippen molar-refractivity contribution in [1.29, 1.82) is 5.26 Å². The number of carbonyl (C=O) groups is 1. The number of aliphatic hydroxyl groups is 1. The Labute approximate surface area is 221 Å². The molecule has 188 valence electrons. The summed E-state index contributed by atoms with van der Waals surface area (Å²) in [6.07, 6.45) is 8.55. The smallest absolute Gasteiger partial charge is 0.250 e. The van der Waals surface area contributed by atoms with Gasteiger partial charge in [-0.05, 0) is 68.2 Å². The van der Waals surface area contributed by atoms with Crippen LogP contribution < -0.4 is 4.90 Å². The van der Waals surface area contributed by atoms with Crippen molar-refractivity contribution in [2.24, 2.45) is 0 Å². The highest BCUT2D eigenvalue weighted by Crippen LogP contribution is 2.38. The molecule has 1 fully saturated rings. The summed E-state index contributed by atoms with van der Waals surface area (Å²) in [6.45, 7) is 6.14. The molecule has 1 amide bonds. The Morgan fingerprint density at radius 1 is 1.25 bits per heavy atom. The molecule has 2 heterocycles. The summed E-state index contributed by atoms with van der Waals surface area (Å²) in [4.78, 5) is 20.4. The lowest BCUT2D eigenvalue weighted by Crippen LogP contribution is -2.46. The van der Waals surface area contributed by atoms with Crippen molar-refractivity contribution in [2.75, 3.05) is 18.1 Å². The molecule has 1 aliphatic carbocycles. The minimum absolute atomic E-state index is 0.246. The molecule has 0 bridgehead atoms. The summed E-state index contributed by atoms with van der Waals surface area (Å²) in [5.74, 6) is -0.246. The summed E-state index contributed by atoms with van der Waals surface area (Å²) in [6, 6.07) is 9.10. The number of benzene rings is 1. The maximum Gasteiger partial charge on any atom is 0.250 e. The monoisotopic (exact) mass is 526 g/mol. The average molecular weight is 527 g/mol. The molecule has 4 rings (SSSR count). The number of nitriles is 1. The van der Waals surface area contributed by atoms with Crippen LogP contribution in [0.2, 0.25) is 5.02 Å². The molecule has 2 aliphatic rings. The second-order valence-corrected chi connectivity index (χ2v) is 10.2. The number of amides is 1. The number of aliphatic hydroxyl groups excluding tert-OH is 1. The summed E-state index contributed by atoms with van der Waals surface area (Å²) >= 11 is 12.9. The second-order valence-electron chi connectivity index (χ2n) is 9.31. The number of halogens is 2. The molecule has 1 N–H and O–H groups in total. The lowest BCUT2D eigenvalue weighted by Gasteiger charge is -2.31. The molecule has 9 heteroatoms. The molecule has 3 unspecified atom stereocenters. The number of nitrogens with zero attached hydrogens (tertiary/aromatic N) is 4. The van der Waals surface area contributed by atoms with Gasteiger partial charge in [0.2, 0.25) is 5.91 Å². The Kier molecular flexibility index (Phi) is 7.84. The number of carbonyl (C=O) groups excluding carboxylic acids is 1. The SMILES string of the molecule is Cc1c(N2C(=O)C(C)(C)N(CCCOC3C=CC(c4ccncc4)=CC3Cl)C2O)ccc(C#N)c1Cl. The van der Waals surface area contributed by atoms with E-state index in [1.54, 1.807) is 50.2 Å². The van der Waals surface area contributed by atoms with Crippen LogP contribution >= 0.6 is 23.2 Å². The standard InChI is InChI=1S/C27H28Cl2N4O3/c1-17-22(7-5-20(16-30)24(17)29)33-25(34)27(2,3)32(26(33)35)13-4-14-36-23-8-6-19(15-21(23)28)18-9-11-31-12-10-18/h5-12,15,21,23,26,35H,4,13-14H2,1-3H3. The summed E-state index contributed by atoms with van der Waals surface area (Å²) in [7, 11) is 0. The fraction of sp³-hybridized carbons (Fsp3) is 0.370. The number of hydrogen-bond acceptors (Lipinski definition) is 6. The fourth-order valence-corrected chi connectivity index (χ4v) is 5.06. The van der Waals surface area contributed by atoms with Gasteiger partial charge in [0.1, 0.15) is 6.07 Å². The minimum Gasteiger partial charge on any atom is -0.372 e. The number of rotatable bonds is 7. The first-order chi connectivity index (χ1) is 17.2. The maximum absolute atomic E-state index is 13.3. The molecular weight excluding hydrogens is 499 g/mol. The van der Waals surface area contributed by atoms with E-state index in [1.807, 2.05) is 36.4 Å². The predicted octanol–water partition coefficient (Wildman–Crippen LogP) is 4.65. The normalized spacial score (nSPS) is 23.6. The average Bonchev–Trinajstić information content (AvgIpc) is 3.03. The van der Waals surface area contributed by atoms with E-state index in [2.05, 4.69) is 4.98 Å². The van der Waals surface area contributed by atoms with Crippen molar-refractivity contribution in [2.45, 2.75) is 50.6 Å². The van der Waals surface area contributed by atoms with Crippen molar-refractivity contribution >= 4 is 40.4 Å². The molecule has 0 spiro atoms. The zero-order valence-electron chi connectivity index (χ0n) is 20.4. The van der Waals surface area contributed by atoms with E-state index in [0.29, 0.717) is 36.4 Å². The van der Waals surface area contributed by atoms with Gasteiger partial charge in [0.15, 0.2) is 6.35 Å². The van der Waals surface area contributed by atoms with Crippen molar-refractivity contribution in [3.63, 3.8) is 0 Å². The van der Waals surface area contributed by atoms with E-state index in [1.165, 1.54) is 4.90 Å². The van der Waals surface area contributed by atoms with Crippen LogP contribution in [0.4, 0.5) is 5.69 Å². The van der Waals surface area contributed by atoms with E-state index >= 15 is 0 Å². The Morgan fingerprint density at radius 3 is 2.64 bits per heavy atom. The fourth-order valence-electron chi connectivity index (χ4n) is 4.57. The third kappa shape index (κ3) is 4.93. The van der Waals surface area contributed by atoms with Gasteiger partial charge in [-0.1, -0.05) is 29.8 Å². The molecule has 1 saturated heterocycles. The Balaban J connectivity index is 1.37. The summed E-state index contributed by atoms with van der Waals surface area (Å²) in [5, 5.41) is 20.3. The molecular formula is C27H28Cl2N4O3. The zero-order chi connectivity index (χ0) is 26.0. The lowest BCUT2D eigenvalue weighted by atomic mass is 9.99. The summed E-state index contributed by atoms with van der Waals surface area (Å²) < 4.78 is 6.01. The number of anilines is 1. The van der Waals surface area contributed by atoms with E-state index < -0.39 is 11.9 Å². The van der Waals surface area contributed by atoms with Gasteiger partial charge in [0.25, 0.3) is 0 Å². The second kappa shape index (κ2) is 10.7. The lowest BCUT2D eigenvalue weighted by molar-refractivity contribution is -0.123. The van der Waals surface area contributed by atoms with Gasteiger partial charge in [-0.3, -0.25) is 14.7 Å². The highest BCUT2D eigenvalue weighted by molar-refractivity contribution is 6.33. The van der Waals surface area contributed by atoms with Gasteiger partial charge >= 0.3 is 0 Å². The van der Waals surface area contributed by atoms with Gasteiger partial charge < -0.3 is 9.84 Å². The molecule has 7 nitrogen and oxygen atoms in total. The van der Waals surface area contributed by atoms with E-state index in [9.17, 15) is 15.2 Å². The largest absolute Gasteiger partial charge is 0.372 e. The van der Waals surface area contributed by atoms with Gasteiger partial charge in [-0.25, -0.2) is 4.90 Å². The topological polar surface area (TPSA) is 89.7 Å². The molecule has 2 aromatic rings. The first-order valence-electron chi connectivity index (χ1n) is 11.7. The van der Waals surface area contributed by atoms with E-state index in [0.717, 1.165) is 11.1 Å². The zero-order valence-corrected chi connectivity index (χ0v) is 21.9. The number of pyridine rings is 1. The Hall–Kier alpha value is -2.73. The van der Waals surface area contributed by atoms with Crippen LogP contribution in [0.15, 0.2) is 54.9 Å². The van der Waals surface area contributed by atoms with Gasteiger partial charge in [-0.15, -0.1) is 11.6 Å². The van der Waals surface area contributed by atoms with Crippen LogP contribution in [0.3, 0.4) is 0 Å². The Morgan fingerprint density at radius 2 is 1.97 bits per heavy atom. The summed E-state index contributed by atoms with van der Waals surface area (Å²) in [5.41, 5.74) is 2.51. The highest BCUT2D eigenvalue weighted by Gasteiger charge is 2.51. The van der Waals surface area contributed by atoms with Crippen molar-refractivity contribution in [3.8, 4) is 6.07 Å². The first-order valence-corrected chi connectivity index (χ1v) is 12.5. The van der Waals surface area contributed by atoms with Gasteiger partial charge in [0, 0.05) is 25.5 Å². The highest BCUT2D eigenvalue weighted by atomic mass is 35.5. The van der Waals surface area contributed by atoms with Crippen molar-refractivity contribution in [3.05, 3.63) is 76.6 Å². The number of hydrogen-bond donors (Lipinski definition) is 1. The number of aromatic nitrogens is 1. The van der Waals surface area contributed by atoms with Crippen LogP contribution in [0, 0.1) is 18.3 Å². The number of allylic oxidation sites excluding steroid dienone is 2. The third-order valence-electron chi connectivity index (χ3n) is 6.69. The molecule has 0 saturated carbocycles. The van der Waals surface area contributed by atoms with Crippen LogP contribution in [-0.2, 0) is 9.53 Å². The molecule has 1 aromatic heterocycles. The van der Waals surface area contributed by atoms with Gasteiger partial charge in [0.05, 0.1) is 33.3 Å². The molecule has 0 radical (unpaired) electrons. The van der Waals surface area contributed by atoms with Crippen LogP contribution in [0.5, 0.6) is 0 Å². The predicted molar refractivity (Wildman–Crippen MR) is 141 cm³/mol. The maximum atomic E-state index is 13.3. The van der Waals surface area contributed by atoms with Crippen LogP contribution in [0.1, 0.15) is 37.0 Å². The van der Waals surface area contributed by atoms with Crippen molar-refractivity contribution < 1.29 is 14.6 Å². The third-order valence-corrected chi connectivity index (χ3v) is 7.55. The number of alkyl halides is 1. The molecule has 1 aromatic carbocycles. The van der Waals surface area contributed by atoms with Crippen molar-refractivity contribution in [1.82, 2.24) is 9.88 Å². The molecule has 36 heavy (non-hydrogen) atoms. The minimum atomic E-state index is -1.17. The Bertz CT molecular complexity index is 1240.